The van der Waals surface area contributed by atoms with Gasteiger partial charge in [0, 0.05) is 19.8 Å². The standard InChI is InChI=1S/C13H16N4O2/c1-9-12(13(18)19)17(15-14-9)8-10-4-6-11(7-5-10)16(2)3/h4-7H,8H2,1-3H3,(H,18,19). The van der Waals surface area contributed by atoms with Crippen LogP contribution in [-0.4, -0.2) is 40.2 Å². The highest BCUT2D eigenvalue weighted by molar-refractivity contribution is 5.86. The number of carbonyl (C=O) groups is 1. The average molecular weight is 260 g/mol. The van der Waals surface area contributed by atoms with Crippen molar-refractivity contribution in [2.45, 2.75) is 13.5 Å². The van der Waals surface area contributed by atoms with E-state index < -0.39 is 5.97 Å². The van der Waals surface area contributed by atoms with Crippen LogP contribution in [0.5, 0.6) is 0 Å². The van der Waals surface area contributed by atoms with E-state index in [0.717, 1.165) is 11.3 Å². The van der Waals surface area contributed by atoms with Gasteiger partial charge in [0.15, 0.2) is 5.69 Å². The molecule has 1 aromatic heterocycles. The molecule has 2 rings (SSSR count). The molecule has 6 nitrogen and oxygen atoms in total. The van der Waals surface area contributed by atoms with E-state index in [1.807, 2.05) is 43.3 Å². The van der Waals surface area contributed by atoms with Crippen molar-refractivity contribution in [2.75, 3.05) is 19.0 Å². The van der Waals surface area contributed by atoms with Gasteiger partial charge >= 0.3 is 5.97 Å². The van der Waals surface area contributed by atoms with Crippen LogP contribution in [0.4, 0.5) is 5.69 Å². The molecule has 0 saturated carbocycles. The number of anilines is 1. The van der Waals surface area contributed by atoms with Crippen molar-refractivity contribution in [3.05, 3.63) is 41.2 Å². The Balaban J connectivity index is 2.24. The lowest BCUT2D eigenvalue weighted by atomic mass is 10.2. The molecule has 0 spiro atoms. The molecule has 1 aromatic carbocycles. The van der Waals surface area contributed by atoms with Gasteiger partial charge in [-0.3, -0.25) is 0 Å². The van der Waals surface area contributed by atoms with Crippen LogP contribution in [0.2, 0.25) is 0 Å². The number of aryl methyl sites for hydroxylation is 1. The highest BCUT2D eigenvalue weighted by atomic mass is 16.4. The number of nitrogens with zero attached hydrogens (tertiary/aromatic N) is 4. The lowest BCUT2D eigenvalue weighted by molar-refractivity contribution is 0.0683. The van der Waals surface area contributed by atoms with Crippen molar-refractivity contribution in [1.29, 1.82) is 0 Å². The van der Waals surface area contributed by atoms with Gasteiger partial charge in [0.05, 0.1) is 12.2 Å². The summed E-state index contributed by atoms with van der Waals surface area (Å²) in [5.74, 6) is -1.01. The van der Waals surface area contributed by atoms with Crippen molar-refractivity contribution in [3.8, 4) is 0 Å². The zero-order chi connectivity index (χ0) is 14.0. The minimum absolute atomic E-state index is 0.136. The first-order chi connectivity index (χ1) is 8.99. The first kappa shape index (κ1) is 13.1. The molecule has 0 amide bonds. The topological polar surface area (TPSA) is 71.2 Å². The lowest BCUT2D eigenvalue weighted by Gasteiger charge is -2.12. The van der Waals surface area contributed by atoms with Crippen LogP contribution >= 0.6 is 0 Å². The molecule has 0 aliphatic rings. The Morgan fingerprint density at radius 2 is 1.95 bits per heavy atom. The zero-order valence-corrected chi connectivity index (χ0v) is 11.2. The molecule has 0 aliphatic heterocycles. The molecule has 0 fully saturated rings. The van der Waals surface area contributed by atoms with E-state index in [9.17, 15) is 4.79 Å². The van der Waals surface area contributed by atoms with Crippen molar-refractivity contribution < 1.29 is 9.90 Å². The monoisotopic (exact) mass is 260 g/mol. The third-order valence-corrected chi connectivity index (χ3v) is 2.89. The Kier molecular flexibility index (Phi) is 3.50. The van der Waals surface area contributed by atoms with Crippen LogP contribution in [0.3, 0.4) is 0 Å². The van der Waals surface area contributed by atoms with Gasteiger partial charge in [-0.2, -0.15) is 0 Å². The fraction of sp³-hybridized carbons (Fsp3) is 0.308. The number of benzene rings is 1. The summed E-state index contributed by atoms with van der Waals surface area (Å²) in [6.45, 7) is 2.04. The summed E-state index contributed by atoms with van der Waals surface area (Å²) in [6.07, 6.45) is 0. The van der Waals surface area contributed by atoms with Gasteiger partial charge in [0.25, 0.3) is 0 Å². The molecular weight excluding hydrogens is 244 g/mol. The Morgan fingerprint density at radius 3 is 2.47 bits per heavy atom. The number of carboxylic acids is 1. The molecule has 0 saturated heterocycles. The van der Waals surface area contributed by atoms with Crippen LogP contribution < -0.4 is 4.90 Å². The number of rotatable bonds is 4. The first-order valence-electron chi connectivity index (χ1n) is 5.88. The second-order valence-electron chi connectivity index (χ2n) is 4.55. The Labute approximate surface area is 111 Å². The highest BCUT2D eigenvalue weighted by Gasteiger charge is 2.16. The molecule has 2 aromatic rings. The van der Waals surface area contributed by atoms with E-state index in [2.05, 4.69) is 10.3 Å². The number of aromatic nitrogens is 3. The SMILES string of the molecule is Cc1nnn(Cc2ccc(N(C)C)cc2)c1C(=O)O. The van der Waals surface area contributed by atoms with Crippen LogP contribution in [0.1, 0.15) is 21.7 Å². The minimum Gasteiger partial charge on any atom is -0.476 e. The van der Waals surface area contributed by atoms with E-state index >= 15 is 0 Å². The van der Waals surface area contributed by atoms with Crippen molar-refractivity contribution >= 4 is 11.7 Å². The second-order valence-corrected chi connectivity index (χ2v) is 4.55. The molecule has 0 atom stereocenters. The zero-order valence-electron chi connectivity index (χ0n) is 11.2. The van der Waals surface area contributed by atoms with E-state index in [4.69, 9.17) is 5.11 Å². The van der Waals surface area contributed by atoms with E-state index in [-0.39, 0.29) is 5.69 Å². The predicted octanol–water partition coefficient (Wildman–Crippen LogP) is 1.40. The minimum atomic E-state index is -1.01. The van der Waals surface area contributed by atoms with Gasteiger partial charge in [-0.1, -0.05) is 17.3 Å². The summed E-state index contributed by atoms with van der Waals surface area (Å²) in [6, 6.07) is 7.88. The maximum Gasteiger partial charge on any atom is 0.356 e. The summed E-state index contributed by atoms with van der Waals surface area (Å²) >= 11 is 0. The summed E-state index contributed by atoms with van der Waals surface area (Å²) in [4.78, 5) is 13.1. The molecular formula is C13H16N4O2. The predicted molar refractivity (Wildman–Crippen MR) is 71.6 cm³/mol. The molecule has 0 unspecified atom stereocenters. The molecule has 100 valence electrons. The second kappa shape index (κ2) is 5.09. The maximum atomic E-state index is 11.1. The van der Waals surface area contributed by atoms with Crippen molar-refractivity contribution in [2.24, 2.45) is 0 Å². The molecule has 0 aliphatic carbocycles. The van der Waals surface area contributed by atoms with E-state index in [1.165, 1.54) is 4.68 Å². The van der Waals surface area contributed by atoms with Gasteiger partial charge in [-0.25, -0.2) is 9.48 Å². The normalized spacial score (nSPS) is 10.5. The highest BCUT2D eigenvalue weighted by Crippen LogP contribution is 2.14. The number of hydrogen-bond acceptors (Lipinski definition) is 4. The average Bonchev–Trinajstić information content (AvgIpc) is 2.71. The summed E-state index contributed by atoms with van der Waals surface area (Å²) in [7, 11) is 3.94. The number of carboxylic acid groups (broad SMARTS) is 1. The van der Waals surface area contributed by atoms with Gasteiger partial charge in [-0.15, -0.1) is 5.10 Å². The fourth-order valence-electron chi connectivity index (χ4n) is 1.85. The molecule has 0 radical (unpaired) electrons. The Hall–Kier alpha value is -2.37. The summed E-state index contributed by atoms with van der Waals surface area (Å²) in [5, 5.41) is 16.8. The number of aromatic carboxylic acids is 1. The van der Waals surface area contributed by atoms with Gasteiger partial charge in [-0.05, 0) is 24.6 Å². The van der Waals surface area contributed by atoms with Crippen LogP contribution in [0, 0.1) is 6.92 Å². The van der Waals surface area contributed by atoms with Crippen LogP contribution in [0.15, 0.2) is 24.3 Å². The Morgan fingerprint density at radius 1 is 1.32 bits per heavy atom. The first-order valence-corrected chi connectivity index (χ1v) is 5.88. The van der Waals surface area contributed by atoms with Crippen LogP contribution in [-0.2, 0) is 6.54 Å². The third kappa shape index (κ3) is 2.73. The third-order valence-electron chi connectivity index (χ3n) is 2.89. The Bertz CT molecular complexity index is 587. The summed E-state index contributed by atoms with van der Waals surface area (Å²) in [5.41, 5.74) is 2.64. The maximum absolute atomic E-state index is 11.1. The van der Waals surface area contributed by atoms with Crippen molar-refractivity contribution in [1.82, 2.24) is 15.0 Å². The quantitative estimate of drug-likeness (QED) is 0.899. The smallest absolute Gasteiger partial charge is 0.356 e. The summed E-state index contributed by atoms with van der Waals surface area (Å²) < 4.78 is 1.41. The number of hydrogen-bond donors (Lipinski definition) is 1. The molecule has 6 heteroatoms. The van der Waals surface area contributed by atoms with Crippen molar-refractivity contribution in [3.63, 3.8) is 0 Å². The van der Waals surface area contributed by atoms with Gasteiger partial charge in [0.1, 0.15) is 0 Å². The molecule has 1 heterocycles. The molecule has 19 heavy (non-hydrogen) atoms. The van der Waals surface area contributed by atoms with E-state index in [0.29, 0.717) is 12.2 Å². The van der Waals surface area contributed by atoms with Gasteiger partial charge < -0.3 is 10.0 Å². The molecule has 1 N–H and O–H groups in total. The van der Waals surface area contributed by atoms with Gasteiger partial charge in [0.2, 0.25) is 0 Å². The molecule has 0 bridgehead atoms. The lowest BCUT2D eigenvalue weighted by Crippen LogP contribution is -2.12. The fourth-order valence-corrected chi connectivity index (χ4v) is 1.85. The van der Waals surface area contributed by atoms with Crippen LogP contribution in [0.25, 0.3) is 0 Å². The van der Waals surface area contributed by atoms with E-state index in [1.54, 1.807) is 6.92 Å². The largest absolute Gasteiger partial charge is 0.476 e.